The highest BCUT2D eigenvalue weighted by molar-refractivity contribution is 6.00. The van der Waals surface area contributed by atoms with Crippen LogP contribution in [0, 0.1) is 5.82 Å². The van der Waals surface area contributed by atoms with Gasteiger partial charge in [0.1, 0.15) is 19.0 Å². The number of hydrogen-bond acceptors (Lipinski definition) is 6. The molecule has 34 heavy (non-hydrogen) atoms. The van der Waals surface area contributed by atoms with E-state index in [-0.39, 0.29) is 24.2 Å². The molecule has 1 unspecified atom stereocenters. The smallest absolute Gasteiger partial charge is 0.254 e. The average Bonchev–Trinajstić information content (AvgIpc) is 3.53. The summed E-state index contributed by atoms with van der Waals surface area (Å²) >= 11 is 0. The van der Waals surface area contributed by atoms with Crippen molar-refractivity contribution < 1.29 is 18.5 Å². The third-order valence-electron chi connectivity index (χ3n) is 5.71. The Bertz CT molecular complexity index is 1320. The standard InChI is InChI=1S/C26H21FN4O3/c1-33-29-22-15-23(25-28-24(30-34-25)19-11-13-21(27)14-12-19)31(16-22)26(32)20-9-7-18(8-10-20)17-5-3-2-4-6-17/h2-14,23H,15-16H2,1H3/b29-22+. The molecule has 3 aromatic carbocycles. The minimum Gasteiger partial charge on any atom is -0.399 e. The number of carbonyl (C=O) groups is 1. The molecular weight excluding hydrogens is 435 g/mol. The molecule has 2 heterocycles. The van der Waals surface area contributed by atoms with E-state index in [1.54, 1.807) is 17.0 Å². The zero-order valence-corrected chi connectivity index (χ0v) is 18.4. The lowest BCUT2D eigenvalue weighted by atomic mass is 10.0. The Morgan fingerprint density at radius 3 is 2.38 bits per heavy atom. The van der Waals surface area contributed by atoms with Crippen LogP contribution in [0.5, 0.6) is 0 Å². The summed E-state index contributed by atoms with van der Waals surface area (Å²) < 4.78 is 18.8. The second-order valence-corrected chi connectivity index (χ2v) is 7.90. The molecule has 8 heteroatoms. The first kappa shape index (κ1) is 21.5. The van der Waals surface area contributed by atoms with E-state index in [4.69, 9.17) is 9.36 Å². The van der Waals surface area contributed by atoms with Crippen molar-refractivity contribution in [2.75, 3.05) is 13.7 Å². The van der Waals surface area contributed by atoms with Crippen LogP contribution >= 0.6 is 0 Å². The minimum atomic E-state index is -0.489. The number of carbonyl (C=O) groups excluding carboxylic acids is 1. The zero-order chi connectivity index (χ0) is 23.5. The van der Waals surface area contributed by atoms with Gasteiger partial charge in [0.05, 0.1) is 12.3 Å². The van der Waals surface area contributed by atoms with Gasteiger partial charge in [-0.25, -0.2) is 4.39 Å². The number of nitrogens with zero attached hydrogens (tertiary/aromatic N) is 4. The fourth-order valence-electron chi connectivity index (χ4n) is 4.02. The van der Waals surface area contributed by atoms with Gasteiger partial charge in [-0.3, -0.25) is 4.79 Å². The summed E-state index contributed by atoms with van der Waals surface area (Å²) in [5, 5.41) is 8.07. The molecule has 0 bridgehead atoms. The van der Waals surface area contributed by atoms with Crippen molar-refractivity contribution >= 4 is 11.6 Å². The molecule has 1 aromatic heterocycles. The van der Waals surface area contributed by atoms with Crippen molar-refractivity contribution in [2.24, 2.45) is 5.16 Å². The zero-order valence-electron chi connectivity index (χ0n) is 18.4. The summed E-state index contributed by atoms with van der Waals surface area (Å²) in [6.45, 7) is 0.284. The summed E-state index contributed by atoms with van der Waals surface area (Å²) in [6.07, 6.45) is 0.409. The SMILES string of the molecule is CO/N=C1\CC(c2nc(-c3ccc(F)cc3)no2)N(C(=O)c2ccc(-c3ccccc3)cc2)C1. The Labute approximate surface area is 195 Å². The van der Waals surface area contributed by atoms with Crippen molar-refractivity contribution in [3.63, 3.8) is 0 Å². The fraction of sp³-hybridized carbons (Fsp3) is 0.154. The van der Waals surface area contributed by atoms with E-state index in [0.29, 0.717) is 29.1 Å². The van der Waals surface area contributed by atoms with Crippen molar-refractivity contribution in [1.29, 1.82) is 0 Å². The topological polar surface area (TPSA) is 80.8 Å². The monoisotopic (exact) mass is 456 g/mol. The van der Waals surface area contributed by atoms with E-state index >= 15 is 0 Å². The molecule has 1 atom stereocenters. The first-order chi connectivity index (χ1) is 16.6. The number of likely N-dealkylation sites (tertiary alicyclic amines) is 1. The van der Waals surface area contributed by atoms with Crippen LogP contribution in [0.4, 0.5) is 4.39 Å². The van der Waals surface area contributed by atoms with Crippen molar-refractivity contribution in [1.82, 2.24) is 15.0 Å². The predicted molar refractivity (Wildman–Crippen MR) is 124 cm³/mol. The highest BCUT2D eigenvalue weighted by atomic mass is 19.1. The molecule has 0 N–H and O–H groups in total. The molecule has 1 saturated heterocycles. The maximum absolute atomic E-state index is 13.4. The van der Waals surface area contributed by atoms with E-state index in [9.17, 15) is 9.18 Å². The molecule has 1 fully saturated rings. The second-order valence-electron chi connectivity index (χ2n) is 7.90. The number of hydrogen-bond donors (Lipinski definition) is 0. The summed E-state index contributed by atoms with van der Waals surface area (Å²) in [7, 11) is 1.47. The van der Waals surface area contributed by atoms with Crippen LogP contribution in [0.2, 0.25) is 0 Å². The molecule has 5 rings (SSSR count). The van der Waals surface area contributed by atoms with E-state index in [1.165, 1.54) is 19.2 Å². The fourth-order valence-corrected chi connectivity index (χ4v) is 4.02. The third-order valence-corrected chi connectivity index (χ3v) is 5.71. The number of oxime groups is 1. The van der Waals surface area contributed by atoms with E-state index in [2.05, 4.69) is 15.3 Å². The van der Waals surface area contributed by atoms with Gasteiger partial charge in [-0.05, 0) is 47.5 Å². The minimum absolute atomic E-state index is 0.174. The van der Waals surface area contributed by atoms with Crippen LogP contribution < -0.4 is 0 Å². The number of rotatable bonds is 5. The van der Waals surface area contributed by atoms with Crippen LogP contribution in [-0.4, -0.2) is 40.3 Å². The summed E-state index contributed by atoms with van der Waals surface area (Å²) in [6, 6.07) is 22.8. The maximum Gasteiger partial charge on any atom is 0.254 e. The molecule has 0 saturated carbocycles. The Balaban J connectivity index is 1.42. The van der Waals surface area contributed by atoms with Crippen molar-refractivity contribution in [3.8, 4) is 22.5 Å². The van der Waals surface area contributed by atoms with E-state index in [1.807, 2.05) is 54.6 Å². The quantitative estimate of drug-likeness (QED) is 0.389. The molecular formula is C26H21FN4O3. The Morgan fingerprint density at radius 1 is 1.00 bits per heavy atom. The van der Waals surface area contributed by atoms with Gasteiger partial charge < -0.3 is 14.3 Å². The molecule has 0 aliphatic carbocycles. The van der Waals surface area contributed by atoms with Gasteiger partial charge in [0.25, 0.3) is 5.91 Å². The van der Waals surface area contributed by atoms with Crippen LogP contribution in [0.25, 0.3) is 22.5 Å². The molecule has 4 aromatic rings. The van der Waals surface area contributed by atoms with E-state index < -0.39 is 6.04 Å². The highest BCUT2D eigenvalue weighted by Gasteiger charge is 2.38. The van der Waals surface area contributed by atoms with Gasteiger partial charge in [0.15, 0.2) is 0 Å². The van der Waals surface area contributed by atoms with Crippen LogP contribution in [0.15, 0.2) is 88.5 Å². The molecule has 0 radical (unpaired) electrons. The molecule has 1 aliphatic heterocycles. The Morgan fingerprint density at radius 2 is 1.68 bits per heavy atom. The van der Waals surface area contributed by atoms with Crippen molar-refractivity contribution in [3.05, 3.63) is 96.1 Å². The molecule has 1 aliphatic rings. The lowest BCUT2D eigenvalue weighted by Gasteiger charge is -2.21. The summed E-state index contributed by atoms with van der Waals surface area (Å²) in [4.78, 5) is 24.5. The van der Waals surface area contributed by atoms with Crippen molar-refractivity contribution in [2.45, 2.75) is 12.5 Å². The molecule has 170 valence electrons. The Kier molecular flexibility index (Phi) is 5.86. The largest absolute Gasteiger partial charge is 0.399 e. The van der Waals surface area contributed by atoms with Gasteiger partial charge in [-0.2, -0.15) is 4.98 Å². The third kappa shape index (κ3) is 4.30. The van der Waals surface area contributed by atoms with Gasteiger partial charge >= 0.3 is 0 Å². The lowest BCUT2D eigenvalue weighted by molar-refractivity contribution is 0.0713. The summed E-state index contributed by atoms with van der Waals surface area (Å²) in [5.41, 5.74) is 3.96. The van der Waals surface area contributed by atoms with Crippen LogP contribution in [0.1, 0.15) is 28.7 Å². The number of halogens is 1. The normalized spacial score (nSPS) is 16.7. The average molecular weight is 456 g/mol. The first-order valence-electron chi connectivity index (χ1n) is 10.8. The number of aromatic nitrogens is 2. The predicted octanol–water partition coefficient (Wildman–Crippen LogP) is 5.13. The Hall–Kier alpha value is -4.33. The highest BCUT2D eigenvalue weighted by Crippen LogP contribution is 2.33. The number of benzene rings is 3. The first-order valence-corrected chi connectivity index (χ1v) is 10.8. The van der Waals surface area contributed by atoms with Gasteiger partial charge in [0.2, 0.25) is 11.7 Å². The van der Waals surface area contributed by atoms with Gasteiger partial charge in [-0.1, -0.05) is 52.8 Å². The molecule has 1 amide bonds. The van der Waals surface area contributed by atoms with Gasteiger partial charge in [0, 0.05) is 17.5 Å². The summed E-state index contributed by atoms with van der Waals surface area (Å²) in [5.74, 6) is 0.0906. The van der Waals surface area contributed by atoms with E-state index in [0.717, 1.165) is 11.1 Å². The lowest BCUT2D eigenvalue weighted by Crippen LogP contribution is -2.31. The maximum atomic E-state index is 13.4. The second kappa shape index (κ2) is 9.27. The van der Waals surface area contributed by atoms with Crippen LogP contribution in [-0.2, 0) is 4.84 Å². The number of amides is 1. The molecule has 7 nitrogen and oxygen atoms in total. The molecule has 0 spiro atoms. The van der Waals surface area contributed by atoms with Gasteiger partial charge in [-0.15, -0.1) is 0 Å². The van der Waals surface area contributed by atoms with Crippen LogP contribution in [0.3, 0.4) is 0 Å².